The minimum absolute atomic E-state index is 0.255. The topological polar surface area (TPSA) is 74.7 Å². The summed E-state index contributed by atoms with van der Waals surface area (Å²) in [6.45, 7) is 0.734. The van der Waals surface area contributed by atoms with Crippen LogP contribution in [-0.4, -0.2) is 42.6 Å². The van der Waals surface area contributed by atoms with E-state index in [-0.39, 0.29) is 11.7 Å². The molecule has 92 valence electrons. The van der Waals surface area contributed by atoms with Crippen LogP contribution in [0.25, 0.3) is 0 Å². The van der Waals surface area contributed by atoms with Crippen molar-refractivity contribution in [1.82, 2.24) is 4.31 Å². The zero-order valence-electron chi connectivity index (χ0n) is 9.13. The van der Waals surface area contributed by atoms with Gasteiger partial charge in [0.2, 0.25) is 10.0 Å². The summed E-state index contributed by atoms with van der Waals surface area (Å²) in [6.07, 6.45) is 2.92. The number of nitrogens with zero attached hydrogens (tertiary/aromatic N) is 1. The van der Waals surface area contributed by atoms with Gasteiger partial charge in [0.25, 0.3) is 0 Å². The lowest BCUT2D eigenvalue weighted by Crippen LogP contribution is -2.41. The second-order valence-electron chi connectivity index (χ2n) is 4.73. The van der Waals surface area contributed by atoms with E-state index in [4.69, 9.17) is 5.11 Å². The molecule has 1 heterocycles. The van der Waals surface area contributed by atoms with Crippen LogP contribution in [0, 0.1) is 11.8 Å². The monoisotopic (exact) mass is 247 g/mol. The molecule has 0 bridgehead atoms. The number of piperidine rings is 1. The first-order valence-corrected chi connectivity index (χ1v) is 7.30. The lowest BCUT2D eigenvalue weighted by atomic mass is 9.99. The van der Waals surface area contributed by atoms with E-state index in [9.17, 15) is 13.2 Å². The third-order valence-corrected chi connectivity index (χ3v) is 5.38. The molecule has 2 aliphatic rings. The molecule has 0 atom stereocenters. The Kier molecular flexibility index (Phi) is 3.21. The summed E-state index contributed by atoms with van der Waals surface area (Å²) < 4.78 is 25.2. The van der Waals surface area contributed by atoms with Gasteiger partial charge in [-0.05, 0) is 31.6 Å². The van der Waals surface area contributed by atoms with Gasteiger partial charge >= 0.3 is 5.97 Å². The number of carboxylic acids is 1. The van der Waals surface area contributed by atoms with E-state index in [0.29, 0.717) is 31.8 Å². The third-order valence-electron chi connectivity index (χ3n) is 3.34. The van der Waals surface area contributed by atoms with E-state index in [1.807, 2.05) is 0 Å². The number of sulfonamides is 1. The molecule has 1 saturated carbocycles. The summed E-state index contributed by atoms with van der Waals surface area (Å²) >= 11 is 0. The summed E-state index contributed by atoms with van der Waals surface area (Å²) in [5.74, 6) is -0.570. The summed E-state index contributed by atoms with van der Waals surface area (Å²) in [5.41, 5.74) is 0. The van der Waals surface area contributed by atoms with Crippen molar-refractivity contribution >= 4 is 16.0 Å². The van der Waals surface area contributed by atoms with Crippen molar-refractivity contribution in [1.29, 1.82) is 0 Å². The number of aliphatic carboxylic acids is 1. The Bertz CT molecular complexity index is 366. The van der Waals surface area contributed by atoms with Crippen molar-refractivity contribution in [2.75, 3.05) is 18.8 Å². The first-order valence-electron chi connectivity index (χ1n) is 5.69. The highest BCUT2D eigenvalue weighted by Gasteiger charge is 2.35. The van der Waals surface area contributed by atoms with Crippen LogP contribution in [0.5, 0.6) is 0 Å². The Hall–Kier alpha value is -0.620. The molecule has 0 aromatic carbocycles. The lowest BCUT2D eigenvalue weighted by molar-refractivity contribution is -0.142. The smallest absolute Gasteiger partial charge is 0.306 e. The number of rotatable bonds is 4. The average Bonchev–Trinajstić information content (AvgIpc) is 3.01. The SMILES string of the molecule is O=C(O)C1CCN(S(=O)(=O)CC2CC2)CC1. The molecule has 0 aromatic rings. The van der Waals surface area contributed by atoms with E-state index in [2.05, 4.69) is 0 Å². The summed E-state index contributed by atoms with van der Waals surface area (Å²) in [6, 6.07) is 0. The van der Waals surface area contributed by atoms with Crippen molar-refractivity contribution < 1.29 is 18.3 Å². The van der Waals surface area contributed by atoms with Crippen LogP contribution < -0.4 is 0 Å². The largest absolute Gasteiger partial charge is 0.481 e. The molecule has 0 spiro atoms. The highest BCUT2D eigenvalue weighted by molar-refractivity contribution is 7.89. The maximum absolute atomic E-state index is 11.9. The fraction of sp³-hybridized carbons (Fsp3) is 0.900. The fourth-order valence-corrected chi connectivity index (χ4v) is 3.98. The van der Waals surface area contributed by atoms with Gasteiger partial charge in [-0.2, -0.15) is 0 Å². The molecule has 0 amide bonds. The number of hydrogen-bond acceptors (Lipinski definition) is 3. The predicted molar refractivity (Wildman–Crippen MR) is 58.4 cm³/mol. The third kappa shape index (κ3) is 2.74. The van der Waals surface area contributed by atoms with E-state index >= 15 is 0 Å². The Morgan fingerprint density at radius 3 is 2.19 bits per heavy atom. The normalized spacial score (nSPS) is 24.5. The molecular weight excluding hydrogens is 230 g/mol. The fourth-order valence-electron chi connectivity index (χ4n) is 2.07. The van der Waals surface area contributed by atoms with Gasteiger partial charge in [-0.3, -0.25) is 4.79 Å². The highest BCUT2D eigenvalue weighted by atomic mass is 32.2. The van der Waals surface area contributed by atoms with Crippen LogP contribution in [-0.2, 0) is 14.8 Å². The van der Waals surface area contributed by atoms with Crippen LogP contribution in [0.1, 0.15) is 25.7 Å². The van der Waals surface area contributed by atoms with Crippen molar-refractivity contribution in [3.05, 3.63) is 0 Å². The first kappa shape index (κ1) is 11.9. The Balaban J connectivity index is 1.90. The van der Waals surface area contributed by atoms with E-state index in [0.717, 1.165) is 12.8 Å². The number of carbonyl (C=O) groups is 1. The van der Waals surface area contributed by atoms with Crippen molar-refractivity contribution in [2.24, 2.45) is 11.8 Å². The van der Waals surface area contributed by atoms with Gasteiger partial charge < -0.3 is 5.11 Å². The van der Waals surface area contributed by atoms with Crippen LogP contribution in [0.3, 0.4) is 0 Å². The molecule has 2 rings (SSSR count). The molecule has 16 heavy (non-hydrogen) atoms. The molecule has 0 aromatic heterocycles. The highest BCUT2D eigenvalue weighted by Crippen LogP contribution is 2.32. The number of carboxylic acid groups (broad SMARTS) is 1. The van der Waals surface area contributed by atoms with Crippen molar-refractivity contribution in [3.8, 4) is 0 Å². The standard InChI is InChI=1S/C10H17NO4S/c12-10(13)9-3-5-11(6-4-9)16(14,15)7-8-1-2-8/h8-9H,1-7H2,(H,12,13). The summed E-state index contributed by atoms with van der Waals surface area (Å²) in [7, 11) is -3.13. The van der Waals surface area contributed by atoms with Crippen LogP contribution in [0.15, 0.2) is 0 Å². The van der Waals surface area contributed by atoms with Gasteiger partial charge in [-0.15, -0.1) is 0 Å². The van der Waals surface area contributed by atoms with Gasteiger partial charge in [0.05, 0.1) is 11.7 Å². The first-order chi connectivity index (χ1) is 7.49. The van der Waals surface area contributed by atoms with Crippen LogP contribution >= 0.6 is 0 Å². The second-order valence-corrected chi connectivity index (χ2v) is 6.75. The van der Waals surface area contributed by atoms with E-state index < -0.39 is 16.0 Å². The maximum atomic E-state index is 11.9. The number of hydrogen-bond donors (Lipinski definition) is 1. The molecule has 1 aliphatic carbocycles. The molecule has 2 fully saturated rings. The molecular formula is C10H17NO4S. The minimum Gasteiger partial charge on any atom is -0.481 e. The van der Waals surface area contributed by atoms with Crippen LogP contribution in [0.4, 0.5) is 0 Å². The Morgan fingerprint density at radius 2 is 1.75 bits per heavy atom. The Morgan fingerprint density at radius 1 is 1.19 bits per heavy atom. The molecule has 0 radical (unpaired) electrons. The molecule has 1 aliphatic heterocycles. The van der Waals surface area contributed by atoms with E-state index in [1.54, 1.807) is 0 Å². The molecule has 5 nitrogen and oxygen atoms in total. The minimum atomic E-state index is -3.13. The molecule has 1 saturated heterocycles. The van der Waals surface area contributed by atoms with Gasteiger partial charge in [-0.1, -0.05) is 0 Å². The lowest BCUT2D eigenvalue weighted by Gasteiger charge is -2.29. The van der Waals surface area contributed by atoms with Gasteiger partial charge in [0.1, 0.15) is 0 Å². The summed E-state index contributed by atoms with van der Waals surface area (Å²) in [5, 5.41) is 8.81. The zero-order chi connectivity index (χ0) is 11.8. The average molecular weight is 247 g/mol. The van der Waals surface area contributed by atoms with Crippen molar-refractivity contribution in [3.63, 3.8) is 0 Å². The zero-order valence-corrected chi connectivity index (χ0v) is 9.95. The van der Waals surface area contributed by atoms with Crippen molar-refractivity contribution in [2.45, 2.75) is 25.7 Å². The van der Waals surface area contributed by atoms with Gasteiger partial charge in [0.15, 0.2) is 0 Å². The molecule has 0 unspecified atom stereocenters. The quantitative estimate of drug-likeness (QED) is 0.786. The predicted octanol–water partition coefficient (Wildman–Crippen LogP) is 0.523. The van der Waals surface area contributed by atoms with Gasteiger partial charge in [0, 0.05) is 13.1 Å². The van der Waals surface area contributed by atoms with Gasteiger partial charge in [-0.25, -0.2) is 12.7 Å². The van der Waals surface area contributed by atoms with Crippen LogP contribution in [0.2, 0.25) is 0 Å². The maximum Gasteiger partial charge on any atom is 0.306 e. The summed E-state index contributed by atoms with van der Waals surface area (Å²) in [4.78, 5) is 10.7. The van der Waals surface area contributed by atoms with E-state index in [1.165, 1.54) is 4.31 Å². The molecule has 6 heteroatoms. The Labute approximate surface area is 95.5 Å². The second kappa shape index (κ2) is 4.33. The molecule has 1 N–H and O–H groups in total.